The summed E-state index contributed by atoms with van der Waals surface area (Å²) in [6.45, 7) is 2.23. The number of rotatable bonds is 6. The van der Waals surface area contributed by atoms with Crippen molar-refractivity contribution in [2.75, 3.05) is 0 Å². The number of amides is 1. The first-order chi connectivity index (χ1) is 13.2. The van der Waals surface area contributed by atoms with E-state index in [4.69, 9.17) is 0 Å². The molecule has 27 heavy (non-hydrogen) atoms. The van der Waals surface area contributed by atoms with Gasteiger partial charge in [-0.3, -0.25) is 9.20 Å². The van der Waals surface area contributed by atoms with Crippen molar-refractivity contribution in [3.8, 4) is 0 Å². The van der Waals surface area contributed by atoms with Crippen molar-refractivity contribution in [1.82, 2.24) is 29.9 Å². The second-order valence-corrected chi connectivity index (χ2v) is 8.21. The summed E-state index contributed by atoms with van der Waals surface area (Å²) < 4.78 is 2.13. The highest BCUT2D eigenvalue weighted by Crippen LogP contribution is 2.41. The number of carbonyl (C=O) groups is 1. The summed E-state index contributed by atoms with van der Waals surface area (Å²) in [6, 6.07) is 2.26. The standard InChI is InChI=1S/C20H26N6O/c1-2-13-9-14(23-18(27)6-5-12-3-4-12)10-15(13)20-25-24-17-11-22-19-16(26(17)20)7-8-21-19/h7-8,11-15,21H,2-6,9-10H2,1H3,(H,23,27)/t13-,14+,15+/m1/s1. The van der Waals surface area contributed by atoms with E-state index in [0.717, 1.165) is 54.2 Å². The summed E-state index contributed by atoms with van der Waals surface area (Å²) in [4.78, 5) is 19.9. The maximum atomic E-state index is 12.3. The molecular formula is C20H26N6O. The number of carbonyl (C=O) groups excluding carboxylic acids is 1. The largest absolute Gasteiger partial charge is 0.353 e. The predicted molar refractivity (Wildman–Crippen MR) is 102 cm³/mol. The third kappa shape index (κ3) is 3.09. The van der Waals surface area contributed by atoms with Crippen molar-refractivity contribution in [3.05, 3.63) is 24.3 Å². The number of hydrogen-bond acceptors (Lipinski definition) is 4. The Kier molecular flexibility index (Phi) is 4.10. The van der Waals surface area contributed by atoms with Gasteiger partial charge in [-0.1, -0.05) is 26.2 Å². The fourth-order valence-corrected chi connectivity index (χ4v) is 4.69. The summed E-state index contributed by atoms with van der Waals surface area (Å²) in [5.41, 5.74) is 2.64. The summed E-state index contributed by atoms with van der Waals surface area (Å²) in [7, 11) is 0. The lowest BCUT2D eigenvalue weighted by molar-refractivity contribution is -0.121. The van der Waals surface area contributed by atoms with E-state index in [9.17, 15) is 4.79 Å². The smallest absolute Gasteiger partial charge is 0.220 e. The lowest BCUT2D eigenvalue weighted by Crippen LogP contribution is -2.33. The monoisotopic (exact) mass is 366 g/mol. The van der Waals surface area contributed by atoms with Crippen molar-refractivity contribution >= 4 is 22.7 Å². The van der Waals surface area contributed by atoms with Gasteiger partial charge in [-0.15, -0.1) is 10.2 Å². The fourth-order valence-electron chi connectivity index (χ4n) is 4.69. The first-order valence-electron chi connectivity index (χ1n) is 10.2. The summed E-state index contributed by atoms with van der Waals surface area (Å²) in [5, 5.41) is 12.2. The maximum absolute atomic E-state index is 12.3. The van der Waals surface area contributed by atoms with Gasteiger partial charge in [0.1, 0.15) is 5.82 Å². The van der Waals surface area contributed by atoms with Crippen molar-refractivity contribution in [2.24, 2.45) is 11.8 Å². The van der Waals surface area contributed by atoms with Crippen molar-refractivity contribution in [2.45, 2.75) is 63.8 Å². The van der Waals surface area contributed by atoms with Gasteiger partial charge in [0.15, 0.2) is 11.3 Å². The van der Waals surface area contributed by atoms with Crippen molar-refractivity contribution < 1.29 is 4.79 Å². The number of aromatic nitrogens is 5. The van der Waals surface area contributed by atoms with Gasteiger partial charge in [-0.2, -0.15) is 0 Å². The average molecular weight is 366 g/mol. The van der Waals surface area contributed by atoms with Crippen LogP contribution in [0.2, 0.25) is 0 Å². The molecule has 0 spiro atoms. The van der Waals surface area contributed by atoms with Crippen LogP contribution in [0.5, 0.6) is 0 Å². The van der Waals surface area contributed by atoms with Gasteiger partial charge in [0.2, 0.25) is 5.91 Å². The Morgan fingerprint density at radius 1 is 1.33 bits per heavy atom. The molecule has 3 atom stereocenters. The Balaban J connectivity index is 1.38. The molecule has 5 rings (SSSR count). The van der Waals surface area contributed by atoms with Gasteiger partial charge >= 0.3 is 0 Å². The topological polar surface area (TPSA) is 88.0 Å². The molecule has 142 valence electrons. The molecular weight excluding hydrogens is 340 g/mol. The van der Waals surface area contributed by atoms with Crippen LogP contribution in [-0.2, 0) is 4.79 Å². The molecule has 1 amide bonds. The quantitative estimate of drug-likeness (QED) is 0.701. The van der Waals surface area contributed by atoms with Crippen molar-refractivity contribution in [3.63, 3.8) is 0 Å². The second kappa shape index (κ2) is 6.62. The molecule has 3 aromatic heterocycles. The van der Waals surface area contributed by atoms with E-state index in [-0.39, 0.29) is 11.9 Å². The molecule has 0 radical (unpaired) electrons. The molecule has 7 nitrogen and oxygen atoms in total. The molecule has 0 bridgehead atoms. The second-order valence-electron chi connectivity index (χ2n) is 8.21. The lowest BCUT2D eigenvalue weighted by atomic mass is 9.93. The number of aromatic amines is 1. The minimum Gasteiger partial charge on any atom is -0.353 e. The maximum Gasteiger partial charge on any atom is 0.220 e. The molecule has 0 saturated heterocycles. The van der Waals surface area contributed by atoms with E-state index in [1.807, 2.05) is 12.3 Å². The molecule has 0 unspecified atom stereocenters. The first kappa shape index (κ1) is 16.7. The molecule has 3 heterocycles. The SMILES string of the molecule is CC[C@@H]1C[C@H](NC(=O)CCC2CC2)C[C@@H]1c1nnc2cnc3[nH]ccc3n12. The molecule has 2 aliphatic carbocycles. The van der Waals surface area contributed by atoms with Crippen LogP contribution in [0.4, 0.5) is 0 Å². The van der Waals surface area contributed by atoms with E-state index < -0.39 is 0 Å². The number of nitrogens with one attached hydrogen (secondary N) is 2. The van der Waals surface area contributed by atoms with Gasteiger partial charge in [0.05, 0.1) is 11.7 Å². The van der Waals surface area contributed by atoms with E-state index in [1.165, 1.54) is 12.8 Å². The average Bonchev–Trinajstić information content (AvgIpc) is 3.07. The number of H-pyrrole nitrogens is 1. The van der Waals surface area contributed by atoms with Crippen LogP contribution in [0.25, 0.3) is 16.8 Å². The third-order valence-electron chi connectivity index (χ3n) is 6.36. The van der Waals surface area contributed by atoms with Gasteiger partial charge in [-0.05, 0) is 37.2 Å². The lowest BCUT2D eigenvalue weighted by Gasteiger charge is -2.15. The molecule has 2 saturated carbocycles. The zero-order chi connectivity index (χ0) is 18.4. The Hall–Kier alpha value is -2.44. The normalized spacial score (nSPS) is 25.4. The minimum absolute atomic E-state index is 0.214. The minimum atomic E-state index is 0.214. The van der Waals surface area contributed by atoms with Gasteiger partial charge < -0.3 is 10.3 Å². The van der Waals surface area contributed by atoms with Gasteiger partial charge in [0.25, 0.3) is 0 Å². The van der Waals surface area contributed by atoms with E-state index >= 15 is 0 Å². The zero-order valence-electron chi connectivity index (χ0n) is 15.7. The Bertz CT molecular complexity index is 971. The summed E-state index contributed by atoms with van der Waals surface area (Å²) in [5.74, 6) is 2.83. The van der Waals surface area contributed by atoms with Crippen LogP contribution in [0.15, 0.2) is 18.5 Å². The Morgan fingerprint density at radius 2 is 2.22 bits per heavy atom. The predicted octanol–water partition coefficient (Wildman–Crippen LogP) is 3.18. The van der Waals surface area contributed by atoms with E-state index in [2.05, 4.69) is 36.8 Å². The van der Waals surface area contributed by atoms with E-state index in [0.29, 0.717) is 18.3 Å². The molecule has 2 aliphatic rings. The van der Waals surface area contributed by atoms with Crippen LogP contribution in [0.3, 0.4) is 0 Å². The van der Waals surface area contributed by atoms with Crippen molar-refractivity contribution in [1.29, 1.82) is 0 Å². The highest BCUT2D eigenvalue weighted by atomic mass is 16.1. The van der Waals surface area contributed by atoms with Crippen LogP contribution in [-0.4, -0.2) is 36.5 Å². The number of nitrogens with zero attached hydrogens (tertiary/aromatic N) is 4. The van der Waals surface area contributed by atoms with Crippen LogP contribution < -0.4 is 5.32 Å². The molecule has 2 fully saturated rings. The summed E-state index contributed by atoms with van der Waals surface area (Å²) >= 11 is 0. The van der Waals surface area contributed by atoms with Crippen LogP contribution in [0, 0.1) is 11.8 Å². The van der Waals surface area contributed by atoms with E-state index in [1.54, 1.807) is 6.20 Å². The fraction of sp³-hybridized carbons (Fsp3) is 0.600. The number of hydrogen-bond donors (Lipinski definition) is 2. The van der Waals surface area contributed by atoms with Crippen LogP contribution >= 0.6 is 0 Å². The Morgan fingerprint density at radius 3 is 3.04 bits per heavy atom. The summed E-state index contributed by atoms with van der Waals surface area (Å²) in [6.07, 6.45) is 11.0. The number of fused-ring (bicyclic) bond motifs is 3. The van der Waals surface area contributed by atoms with Gasteiger partial charge in [0, 0.05) is 24.6 Å². The molecule has 0 aliphatic heterocycles. The molecule has 3 aromatic rings. The van der Waals surface area contributed by atoms with Gasteiger partial charge in [-0.25, -0.2) is 4.98 Å². The molecule has 7 heteroatoms. The Labute approximate surface area is 158 Å². The molecule has 0 aromatic carbocycles. The third-order valence-corrected chi connectivity index (χ3v) is 6.36. The highest BCUT2D eigenvalue weighted by Gasteiger charge is 2.38. The zero-order valence-corrected chi connectivity index (χ0v) is 15.7. The first-order valence-corrected chi connectivity index (χ1v) is 10.2. The molecule has 2 N–H and O–H groups in total. The van der Waals surface area contributed by atoms with Crippen LogP contribution in [0.1, 0.15) is 63.6 Å². The highest BCUT2D eigenvalue weighted by molar-refractivity contribution is 5.76.